The van der Waals surface area contributed by atoms with Crippen LogP contribution in [0.2, 0.25) is 0 Å². The van der Waals surface area contributed by atoms with Crippen LogP contribution in [-0.2, 0) is 16.3 Å². The molecular formula is C10H9FN2O2. The number of esters is 1. The van der Waals surface area contributed by atoms with Crippen molar-refractivity contribution in [1.82, 2.24) is 9.78 Å². The van der Waals surface area contributed by atoms with Gasteiger partial charge in [-0.15, -0.1) is 0 Å². The maximum absolute atomic E-state index is 12.8. The van der Waals surface area contributed by atoms with E-state index in [1.807, 2.05) is 0 Å². The molecule has 2 rings (SSSR count). The highest BCUT2D eigenvalue weighted by atomic mass is 19.1. The summed E-state index contributed by atoms with van der Waals surface area (Å²) < 4.78 is 19.0. The van der Waals surface area contributed by atoms with Gasteiger partial charge in [0.25, 0.3) is 0 Å². The average molecular weight is 208 g/mol. The molecule has 0 aliphatic rings. The van der Waals surface area contributed by atoms with Gasteiger partial charge < -0.3 is 4.74 Å². The number of fused-ring (bicyclic) bond motifs is 1. The second kappa shape index (κ2) is 3.68. The first-order valence-electron chi connectivity index (χ1n) is 4.41. The molecule has 1 aromatic carbocycles. The molecule has 1 heterocycles. The first-order valence-corrected chi connectivity index (χ1v) is 4.41. The second-order valence-electron chi connectivity index (χ2n) is 3.14. The van der Waals surface area contributed by atoms with Crippen LogP contribution in [0.4, 0.5) is 4.39 Å². The molecule has 0 unspecified atom stereocenters. The molecule has 15 heavy (non-hydrogen) atoms. The van der Waals surface area contributed by atoms with Gasteiger partial charge in [-0.2, -0.15) is 5.10 Å². The normalized spacial score (nSPS) is 10.5. The Bertz CT molecular complexity index is 507. The van der Waals surface area contributed by atoms with Crippen molar-refractivity contribution in [1.29, 1.82) is 0 Å². The number of benzene rings is 1. The van der Waals surface area contributed by atoms with Crippen LogP contribution in [0.25, 0.3) is 10.9 Å². The minimum atomic E-state index is -0.374. The van der Waals surface area contributed by atoms with Crippen LogP contribution in [0, 0.1) is 5.82 Å². The number of rotatable bonds is 2. The molecule has 0 spiro atoms. The molecule has 0 N–H and O–H groups in total. The summed E-state index contributed by atoms with van der Waals surface area (Å²) in [5.41, 5.74) is 0.670. The van der Waals surface area contributed by atoms with E-state index < -0.39 is 0 Å². The van der Waals surface area contributed by atoms with Gasteiger partial charge in [0.1, 0.15) is 5.82 Å². The summed E-state index contributed by atoms with van der Waals surface area (Å²) in [6.45, 7) is 1.37. The maximum Gasteiger partial charge on any atom is 0.304 e. The van der Waals surface area contributed by atoms with E-state index in [1.54, 1.807) is 12.3 Å². The lowest BCUT2D eigenvalue weighted by Gasteiger charge is -1.99. The molecule has 0 saturated carbocycles. The van der Waals surface area contributed by atoms with E-state index in [0.29, 0.717) is 10.9 Å². The molecule has 0 aliphatic heterocycles. The largest absolute Gasteiger partial charge is 0.443 e. The summed E-state index contributed by atoms with van der Waals surface area (Å²) in [6, 6.07) is 4.30. The van der Waals surface area contributed by atoms with Crippen LogP contribution in [0.5, 0.6) is 0 Å². The smallest absolute Gasteiger partial charge is 0.304 e. The molecular weight excluding hydrogens is 199 g/mol. The van der Waals surface area contributed by atoms with E-state index in [-0.39, 0.29) is 18.5 Å². The van der Waals surface area contributed by atoms with Crippen molar-refractivity contribution >= 4 is 16.9 Å². The van der Waals surface area contributed by atoms with E-state index >= 15 is 0 Å². The van der Waals surface area contributed by atoms with Crippen molar-refractivity contribution in [2.45, 2.75) is 13.7 Å². The van der Waals surface area contributed by atoms with Crippen molar-refractivity contribution in [3.8, 4) is 0 Å². The molecule has 5 heteroatoms. The van der Waals surface area contributed by atoms with Crippen molar-refractivity contribution < 1.29 is 13.9 Å². The molecule has 0 radical (unpaired) electrons. The zero-order valence-corrected chi connectivity index (χ0v) is 8.11. The van der Waals surface area contributed by atoms with Crippen LogP contribution in [-0.4, -0.2) is 15.7 Å². The van der Waals surface area contributed by atoms with Crippen LogP contribution >= 0.6 is 0 Å². The van der Waals surface area contributed by atoms with E-state index in [4.69, 9.17) is 4.74 Å². The van der Waals surface area contributed by atoms with E-state index in [2.05, 4.69) is 5.10 Å². The number of hydrogen-bond donors (Lipinski definition) is 0. The first-order chi connectivity index (χ1) is 7.15. The fraction of sp³-hybridized carbons (Fsp3) is 0.200. The number of hydrogen-bond acceptors (Lipinski definition) is 3. The molecule has 78 valence electrons. The molecule has 0 atom stereocenters. The van der Waals surface area contributed by atoms with Gasteiger partial charge in [-0.05, 0) is 18.2 Å². The third-order valence-electron chi connectivity index (χ3n) is 1.91. The number of halogens is 1. The third-order valence-corrected chi connectivity index (χ3v) is 1.91. The monoisotopic (exact) mass is 208 g/mol. The lowest BCUT2D eigenvalue weighted by molar-refractivity contribution is -0.145. The van der Waals surface area contributed by atoms with Crippen molar-refractivity contribution in [2.24, 2.45) is 0 Å². The Kier molecular flexibility index (Phi) is 2.37. The number of nitrogens with zero attached hydrogens (tertiary/aromatic N) is 2. The number of aromatic nitrogens is 2. The number of carbonyl (C=O) groups excluding carboxylic acids is 1. The third kappa shape index (κ3) is 2.12. The van der Waals surface area contributed by atoms with Crippen LogP contribution < -0.4 is 0 Å². The van der Waals surface area contributed by atoms with Gasteiger partial charge in [0.05, 0.1) is 5.52 Å². The van der Waals surface area contributed by atoms with Crippen LogP contribution in [0.1, 0.15) is 6.92 Å². The molecule has 0 saturated heterocycles. The fourth-order valence-electron chi connectivity index (χ4n) is 1.27. The van der Waals surface area contributed by atoms with Gasteiger partial charge in [0.2, 0.25) is 0 Å². The Labute approximate surface area is 85.3 Å². The standard InChI is InChI=1S/C10H9FN2O2/c1-7(14)15-6-13-5-8-4-9(11)2-3-10(8)12-13/h2-5H,6H2,1H3. The maximum atomic E-state index is 12.8. The fourth-order valence-corrected chi connectivity index (χ4v) is 1.27. The van der Waals surface area contributed by atoms with Crippen molar-refractivity contribution in [3.05, 3.63) is 30.2 Å². The Morgan fingerprint density at radius 2 is 2.40 bits per heavy atom. The lowest BCUT2D eigenvalue weighted by atomic mass is 10.2. The molecule has 0 amide bonds. The summed E-state index contributed by atoms with van der Waals surface area (Å²) >= 11 is 0. The summed E-state index contributed by atoms with van der Waals surface area (Å²) in [7, 11) is 0. The van der Waals surface area contributed by atoms with Gasteiger partial charge in [-0.25, -0.2) is 9.07 Å². The second-order valence-corrected chi connectivity index (χ2v) is 3.14. The first kappa shape index (κ1) is 9.64. The predicted molar refractivity (Wildman–Crippen MR) is 51.5 cm³/mol. The average Bonchev–Trinajstić information content (AvgIpc) is 2.56. The summed E-state index contributed by atoms with van der Waals surface area (Å²) in [6.07, 6.45) is 1.63. The molecule has 0 aliphatic carbocycles. The van der Waals surface area contributed by atoms with Gasteiger partial charge in [-0.3, -0.25) is 4.79 Å². The minimum absolute atomic E-state index is 0.0473. The quantitative estimate of drug-likeness (QED) is 0.705. The van der Waals surface area contributed by atoms with Gasteiger partial charge in [0.15, 0.2) is 6.73 Å². The Morgan fingerprint density at radius 3 is 3.13 bits per heavy atom. The Balaban J connectivity index is 2.27. The topological polar surface area (TPSA) is 44.1 Å². The molecule has 2 aromatic rings. The Morgan fingerprint density at radius 1 is 1.60 bits per heavy atom. The van der Waals surface area contributed by atoms with E-state index in [9.17, 15) is 9.18 Å². The lowest BCUT2D eigenvalue weighted by Crippen LogP contribution is -2.06. The highest BCUT2D eigenvalue weighted by molar-refractivity contribution is 5.77. The molecule has 0 fully saturated rings. The molecule has 1 aromatic heterocycles. The zero-order valence-electron chi connectivity index (χ0n) is 8.11. The van der Waals surface area contributed by atoms with Crippen molar-refractivity contribution in [2.75, 3.05) is 0 Å². The number of ether oxygens (including phenoxy) is 1. The van der Waals surface area contributed by atoms with Crippen molar-refractivity contribution in [3.63, 3.8) is 0 Å². The summed E-state index contributed by atoms with van der Waals surface area (Å²) in [5, 5.41) is 4.78. The summed E-state index contributed by atoms with van der Waals surface area (Å²) in [4.78, 5) is 10.6. The van der Waals surface area contributed by atoms with Gasteiger partial charge >= 0.3 is 5.97 Å². The predicted octanol–water partition coefficient (Wildman–Crippen LogP) is 1.70. The SMILES string of the molecule is CC(=O)OCn1cc2cc(F)ccc2n1. The van der Waals surface area contributed by atoms with Crippen LogP contribution in [0.3, 0.4) is 0 Å². The highest BCUT2D eigenvalue weighted by Gasteiger charge is 2.02. The summed E-state index contributed by atoms with van der Waals surface area (Å²) in [5.74, 6) is -0.685. The minimum Gasteiger partial charge on any atom is -0.443 e. The zero-order chi connectivity index (χ0) is 10.8. The van der Waals surface area contributed by atoms with E-state index in [1.165, 1.54) is 23.7 Å². The van der Waals surface area contributed by atoms with Gasteiger partial charge in [-0.1, -0.05) is 0 Å². The number of carbonyl (C=O) groups is 1. The Hall–Kier alpha value is -1.91. The van der Waals surface area contributed by atoms with E-state index in [0.717, 1.165) is 0 Å². The van der Waals surface area contributed by atoms with Crippen LogP contribution in [0.15, 0.2) is 24.4 Å². The van der Waals surface area contributed by atoms with Gasteiger partial charge in [0, 0.05) is 18.5 Å². The molecule has 4 nitrogen and oxygen atoms in total. The highest BCUT2D eigenvalue weighted by Crippen LogP contribution is 2.13. The molecule has 0 bridgehead atoms.